The predicted molar refractivity (Wildman–Crippen MR) is 58.8 cm³/mol. The van der Waals surface area contributed by atoms with Crippen LogP contribution in [-0.2, 0) is 9.84 Å². The quantitative estimate of drug-likeness (QED) is 0.670. The molecule has 0 spiro atoms. The van der Waals surface area contributed by atoms with E-state index in [9.17, 15) is 17.6 Å². The Labute approximate surface area is 98.2 Å². The van der Waals surface area contributed by atoms with Crippen LogP contribution >= 0.6 is 0 Å². The number of nitrogens with zero attached hydrogens (tertiary/aromatic N) is 2. The first kappa shape index (κ1) is 12.0. The minimum absolute atomic E-state index is 0.0205. The van der Waals surface area contributed by atoms with Crippen LogP contribution in [-0.4, -0.2) is 48.8 Å². The average Bonchev–Trinajstić information content (AvgIpc) is 2.29. The Bertz CT molecular complexity index is 513. The van der Waals surface area contributed by atoms with Crippen molar-refractivity contribution in [3.63, 3.8) is 0 Å². The Morgan fingerprint density at radius 1 is 1.29 bits per heavy atom. The SMILES string of the molecule is O=C(c1ccc(F)nc1)N1CCS(=O)(=O)CC1. The van der Waals surface area contributed by atoms with Crippen molar-refractivity contribution in [2.75, 3.05) is 24.6 Å². The number of sulfone groups is 1. The van der Waals surface area contributed by atoms with Crippen LogP contribution in [0.1, 0.15) is 10.4 Å². The topological polar surface area (TPSA) is 67.3 Å². The molecule has 1 amide bonds. The lowest BCUT2D eigenvalue weighted by Crippen LogP contribution is -2.43. The zero-order valence-electron chi connectivity index (χ0n) is 8.97. The fourth-order valence-corrected chi connectivity index (χ4v) is 2.80. The van der Waals surface area contributed by atoms with Crippen molar-refractivity contribution >= 4 is 15.7 Å². The summed E-state index contributed by atoms with van der Waals surface area (Å²) in [6.45, 7) is 0.358. The van der Waals surface area contributed by atoms with E-state index in [1.807, 2.05) is 0 Å². The largest absolute Gasteiger partial charge is 0.337 e. The molecule has 5 nitrogen and oxygen atoms in total. The number of carbonyl (C=O) groups is 1. The number of halogens is 1. The van der Waals surface area contributed by atoms with Crippen molar-refractivity contribution in [2.45, 2.75) is 0 Å². The van der Waals surface area contributed by atoms with E-state index in [1.165, 1.54) is 11.0 Å². The number of aromatic nitrogens is 1. The van der Waals surface area contributed by atoms with Crippen LogP contribution in [0.25, 0.3) is 0 Å². The molecule has 2 heterocycles. The molecule has 0 bridgehead atoms. The monoisotopic (exact) mass is 258 g/mol. The summed E-state index contributed by atoms with van der Waals surface area (Å²) in [6.07, 6.45) is 1.15. The minimum atomic E-state index is -3.01. The molecule has 92 valence electrons. The molecule has 1 aliphatic rings. The summed E-state index contributed by atoms with van der Waals surface area (Å²) in [5, 5.41) is 0. The second-order valence-electron chi connectivity index (χ2n) is 3.81. The van der Waals surface area contributed by atoms with Crippen molar-refractivity contribution in [2.24, 2.45) is 0 Å². The Balaban J connectivity index is 2.09. The van der Waals surface area contributed by atoms with Crippen LogP contribution < -0.4 is 0 Å². The first-order valence-electron chi connectivity index (χ1n) is 5.09. The van der Waals surface area contributed by atoms with Gasteiger partial charge < -0.3 is 4.90 Å². The van der Waals surface area contributed by atoms with Crippen LogP contribution in [0, 0.1) is 5.95 Å². The zero-order chi connectivity index (χ0) is 12.5. The maximum atomic E-state index is 12.6. The molecule has 2 rings (SSSR count). The third-order valence-corrected chi connectivity index (χ3v) is 4.22. The van der Waals surface area contributed by atoms with Gasteiger partial charge in [0.25, 0.3) is 5.91 Å². The minimum Gasteiger partial charge on any atom is -0.337 e. The first-order valence-corrected chi connectivity index (χ1v) is 6.91. The first-order chi connectivity index (χ1) is 7.98. The van der Waals surface area contributed by atoms with E-state index in [0.29, 0.717) is 0 Å². The zero-order valence-corrected chi connectivity index (χ0v) is 9.78. The molecule has 0 atom stereocenters. The van der Waals surface area contributed by atoms with Gasteiger partial charge in [-0.3, -0.25) is 4.79 Å². The number of hydrogen-bond donors (Lipinski definition) is 0. The van der Waals surface area contributed by atoms with Gasteiger partial charge in [-0.15, -0.1) is 0 Å². The molecule has 0 unspecified atom stereocenters. The molecular weight excluding hydrogens is 247 g/mol. The van der Waals surface area contributed by atoms with Gasteiger partial charge in [0.1, 0.15) is 0 Å². The highest BCUT2D eigenvalue weighted by molar-refractivity contribution is 7.91. The Morgan fingerprint density at radius 3 is 2.47 bits per heavy atom. The smallest absolute Gasteiger partial charge is 0.255 e. The number of carbonyl (C=O) groups excluding carboxylic acids is 1. The van der Waals surface area contributed by atoms with Crippen LogP contribution in [0.2, 0.25) is 0 Å². The third kappa shape index (κ3) is 2.79. The van der Waals surface area contributed by atoms with E-state index >= 15 is 0 Å². The van der Waals surface area contributed by atoms with Gasteiger partial charge in [-0.25, -0.2) is 13.4 Å². The van der Waals surface area contributed by atoms with E-state index in [2.05, 4.69) is 4.98 Å². The van der Waals surface area contributed by atoms with Gasteiger partial charge in [0.2, 0.25) is 5.95 Å². The lowest BCUT2D eigenvalue weighted by atomic mass is 10.2. The molecule has 7 heteroatoms. The van der Waals surface area contributed by atoms with Crippen molar-refractivity contribution in [1.82, 2.24) is 9.88 Å². The van der Waals surface area contributed by atoms with Gasteiger partial charge in [-0.1, -0.05) is 0 Å². The molecule has 0 saturated carbocycles. The number of rotatable bonds is 1. The Morgan fingerprint density at radius 2 is 1.94 bits per heavy atom. The number of amides is 1. The summed E-state index contributed by atoms with van der Waals surface area (Å²) >= 11 is 0. The second-order valence-corrected chi connectivity index (χ2v) is 6.12. The normalized spacial score (nSPS) is 19.0. The molecule has 0 radical (unpaired) electrons. The van der Waals surface area contributed by atoms with E-state index < -0.39 is 15.8 Å². The van der Waals surface area contributed by atoms with Gasteiger partial charge in [-0.2, -0.15) is 4.39 Å². The molecule has 1 fully saturated rings. The summed E-state index contributed by atoms with van der Waals surface area (Å²) in [4.78, 5) is 16.7. The van der Waals surface area contributed by atoms with Crippen LogP contribution in [0.5, 0.6) is 0 Å². The maximum Gasteiger partial charge on any atom is 0.255 e. The van der Waals surface area contributed by atoms with E-state index in [1.54, 1.807) is 0 Å². The molecule has 0 aliphatic carbocycles. The van der Waals surface area contributed by atoms with Crippen molar-refractivity contribution in [1.29, 1.82) is 0 Å². The second kappa shape index (κ2) is 4.40. The maximum absolute atomic E-state index is 12.6. The molecule has 17 heavy (non-hydrogen) atoms. The summed E-state index contributed by atoms with van der Waals surface area (Å²) in [7, 11) is -3.01. The Kier molecular flexibility index (Phi) is 3.10. The summed E-state index contributed by atoms with van der Waals surface area (Å²) in [5.41, 5.74) is 0.269. The van der Waals surface area contributed by atoms with Crippen LogP contribution in [0.3, 0.4) is 0 Å². The van der Waals surface area contributed by atoms with Gasteiger partial charge in [-0.05, 0) is 12.1 Å². The molecule has 1 aromatic rings. The summed E-state index contributed by atoms with van der Waals surface area (Å²) in [6, 6.07) is 2.45. The molecule has 1 aromatic heterocycles. The van der Waals surface area contributed by atoms with Crippen molar-refractivity contribution in [3.8, 4) is 0 Å². The van der Waals surface area contributed by atoms with Crippen molar-refractivity contribution in [3.05, 3.63) is 29.8 Å². The van der Waals surface area contributed by atoms with Gasteiger partial charge in [0, 0.05) is 19.3 Å². The highest BCUT2D eigenvalue weighted by Gasteiger charge is 2.25. The fourth-order valence-electron chi connectivity index (χ4n) is 1.60. The number of hydrogen-bond acceptors (Lipinski definition) is 4. The summed E-state index contributed by atoms with van der Waals surface area (Å²) < 4.78 is 35.0. The summed E-state index contributed by atoms with van der Waals surface area (Å²) in [5.74, 6) is -1.00. The van der Waals surface area contributed by atoms with Crippen molar-refractivity contribution < 1.29 is 17.6 Å². The van der Waals surface area contributed by atoms with Crippen LogP contribution in [0.15, 0.2) is 18.3 Å². The highest BCUT2D eigenvalue weighted by atomic mass is 32.2. The van der Waals surface area contributed by atoms with Gasteiger partial charge in [0.05, 0.1) is 17.1 Å². The molecular formula is C10H11FN2O3S. The van der Waals surface area contributed by atoms with Crippen LogP contribution in [0.4, 0.5) is 4.39 Å². The van der Waals surface area contributed by atoms with E-state index in [0.717, 1.165) is 12.3 Å². The molecule has 1 aliphatic heterocycles. The molecule has 0 aromatic carbocycles. The number of pyridine rings is 1. The van der Waals surface area contributed by atoms with E-state index in [-0.39, 0.29) is 36.1 Å². The molecule has 0 N–H and O–H groups in total. The average molecular weight is 258 g/mol. The van der Waals surface area contributed by atoms with Gasteiger partial charge >= 0.3 is 0 Å². The Hall–Kier alpha value is -1.50. The van der Waals surface area contributed by atoms with Gasteiger partial charge in [0.15, 0.2) is 9.84 Å². The lowest BCUT2D eigenvalue weighted by molar-refractivity contribution is 0.0769. The third-order valence-electron chi connectivity index (χ3n) is 2.61. The highest BCUT2D eigenvalue weighted by Crippen LogP contribution is 2.09. The predicted octanol–water partition coefficient (Wildman–Crippen LogP) is 0.0913. The fraction of sp³-hybridized carbons (Fsp3) is 0.400. The lowest BCUT2D eigenvalue weighted by Gasteiger charge is -2.26. The standard InChI is InChI=1S/C10H11FN2O3S/c11-9-2-1-8(7-12-9)10(14)13-3-5-17(15,16)6-4-13/h1-2,7H,3-6H2. The molecule has 1 saturated heterocycles. The van der Waals surface area contributed by atoms with E-state index in [4.69, 9.17) is 0 Å².